The van der Waals surface area contributed by atoms with Crippen LogP contribution in [0.4, 0.5) is 0 Å². The summed E-state index contributed by atoms with van der Waals surface area (Å²) in [5, 5.41) is 3.32. The third-order valence-corrected chi connectivity index (χ3v) is 1.88. The van der Waals surface area contributed by atoms with Gasteiger partial charge in [0.2, 0.25) is 0 Å². The summed E-state index contributed by atoms with van der Waals surface area (Å²) in [4.78, 5) is 2.34. The lowest BCUT2D eigenvalue weighted by atomic mass is 10.3. The molecule has 1 aliphatic heterocycles. The summed E-state index contributed by atoms with van der Waals surface area (Å²) in [6.07, 6.45) is 6.44. The van der Waals surface area contributed by atoms with Crippen LogP contribution in [0.1, 0.15) is 13.8 Å². The van der Waals surface area contributed by atoms with Crippen LogP contribution < -0.4 is 5.32 Å². The van der Waals surface area contributed by atoms with E-state index in [2.05, 4.69) is 42.4 Å². The fraction of sp³-hybridized carbons (Fsp3) is 0.600. The molecule has 1 aliphatic rings. The van der Waals surface area contributed by atoms with Gasteiger partial charge >= 0.3 is 0 Å². The number of nitrogens with one attached hydrogen (secondary N) is 1. The third kappa shape index (κ3) is 3.58. The Kier molecular flexibility index (Phi) is 3.88. The summed E-state index contributed by atoms with van der Waals surface area (Å²) in [5.74, 6) is 0. The van der Waals surface area contributed by atoms with Gasteiger partial charge in [-0.2, -0.15) is 0 Å². The van der Waals surface area contributed by atoms with Crippen LogP contribution in [0.2, 0.25) is 0 Å². The van der Waals surface area contributed by atoms with E-state index in [1.165, 1.54) is 5.57 Å². The highest BCUT2D eigenvalue weighted by atomic mass is 15.2. The lowest BCUT2D eigenvalue weighted by molar-refractivity contribution is 0.324. The Morgan fingerprint density at radius 2 is 1.92 bits per heavy atom. The van der Waals surface area contributed by atoms with Crippen molar-refractivity contribution in [1.82, 2.24) is 10.2 Å². The molecule has 0 aromatic carbocycles. The zero-order chi connectivity index (χ0) is 8.81. The maximum Gasteiger partial charge on any atom is 0.0298 e. The molecule has 1 rings (SSSR count). The van der Waals surface area contributed by atoms with Crippen molar-refractivity contribution in [3.63, 3.8) is 0 Å². The zero-order valence-corrected chi connectivity index (χ0v) is 8.01. The summed E-state index contributed by atoms with van der Waals surface area (Å²) < 4.78 is 0. The van der Waals surface area contributed by atoms with E-state index in [1.54, 1.807) is 0 Å². The Morgan fingerprint density at radius 3 is 2.50 bits per heavy atom. The van der Waals surface area contributed by atoms with Crippen molar-refractivity contribution in [2.45, 2.75) is 13.8 Å². The fourth-order valence-corrected chi connectivity index (χ4v) is 1.19. The summed E-state index contributed by atoms with van der Waals surface area (Å²) in [6, 6.07) is 0. The molecule has 0 atom stereocenters. The van der Waals surface area contributed by atoms with Gasteiger partial charge in [-0.15, -0.1) is 0 Å². The van der Waals surface area contributed by atoms with Gasteiger partial charge in [-0.3, -0.25) is 0 Å². The molecule has 0 saturated carbocycles. The maximum absolute atomic E-state index is 3.32. The van der Waals surface area contributed by atoms with E-state index >= 15 is 0 Å². The molecule has 2 heteroatoms. The Morgan fingerprint density at radius 1 is 1.25 bits per heavy atom. The lowest BCUT2D eigenvalue weighted by Crippen LogP contribution is -2.40. The average Bonchev–Trinajstić information content (AvgIpc) is 2.05. The molecule has 12 heavy (non-hydrogen) atoms. The SMILES string of the molecule is CC(C)=C/C=C/N1CCNCC1. The smallest absolute Gasteiger partial charge is 0.0298 e. The second-order valence-electron chi connectivity index (χ2n) is 3.37. The molecule has 0 radical (unpaired) electrons. The largest absolute Gasteiger partial charge is 0.375 e. The molecule has 1 fully saturated rings. The molecule has 0 aromatic rings. The fourth-order valence-electron chi connectivity index (χ4n) is 1.19. The first kappa shape index (κ1) is 9.33. The first-order chi connectivity index (χ1) is 5.79. The van der Waals surface area contributed by atoms with E-state index in [0.29, 0.717) is 0 Å². The van der Waals surface area contributed by atoms with Crippen LogP contribution in [0.5, 0.6) is 0 Å². The van der Waals surface area contributed by atoms with Gasteiger partial charge < -0.3 is 10.2 Å². The minimum atomic E-state index is 1.11. The highest BCUT2D eigenvalue weighted by Gasteiger charge is 2.02. The van der Waals surface area contributed by atoms with Crippen LogP contribution in [0, 0.1) is 0 Å². The normalized spacial score (nSPS) is 18.3. The van der Waals surface area contributed by atoms with Crippen molar-refractivity contribution in [2.75, 3.05) is 26.2 Å². The van der Waals surface area contributed by atoms with Gasteiger partial charge in [-0.05, 0) is 26.1 Å². The molecule has 0 bridgehead atoms. The van der Waals surface area contributed by atoms with E-state index in [0.717, 1.165) is 26.2 Å². The Bertz CT molecular complexity index is 172. The number of hydrogen-bond acceptors (Lipinski definition) is 2. The van der Waals surface area contributed by atoms with E-state index < -0.39 is 0 Å². The highest BCUT2D eigenvalue weighted by molar-refractivity contribution is 5.08. The van der Waals surface area contributed by atoms with E-state index in [9.17, 15) is 0 Å². The summed E-state index contributed by atoms with van der Waals surface area (Å²) in [5.41, 5.74) is 1.35. The molecule has 0 spiro atoms. The molecule has 2 nitrogen and oxygen atoms in total. The number of nitrogens with zero attached hydrogens (tertiary/aromatic N) is 1. The van der Waals surface area contributed by atoms with Crippen molar-refractivity contribution in [1.29, 1.82) is 0 Å². The molecule has 0 aromatic heterocycles. The van der Waals surface area contributed by atoms with Crippen LogP contribution in [-0.4, -0.2) is 31.1 Å². The van der Waals surface area contributed by atoms with Crippen molar-refractivity contribution in [2.24, 2.45) is 0 Å². The van der Waals surface area contributed by atoms with Crippen LogP contribution in [0.25, 0.3) is 0 Å². The van der Waals surface area contributed by atoms with E-state index in [-0.39, 0.29) is 0 Å². The van der Waals surface area contributed by atoms with E-state index in [1.807, 2.05) is 0 Å². The Labute approximate surface area is 74.9 Å². The van der Waals surface area contributed by atoms with Gasteiger partial charge in [-0.25, -0.2) is 0 Å². The van der Waals surface area contributed by atoms with Gasteiger partial charge in [0, 0.05) is 26.2 Å². The number of rotatable bonds is 2. The van der Waals surface area contributed by atoms with Crippen molar-refractivity contribution in [3.8, 4) is 0 Å². The van der Waals surface area contributed by atoms with Crippen molar-refractivity contribution >= 4 is 0 Å². The minimum Gasteiger partial charge on any atom is -0.375 e. The Hall–Kier alpha value is -0.760. The predicted molar refractivity (Wildman–Crippen MR) is 53.0 cm³/mol. The van der Waals surface area contributed by atoms with Gasteiger partial charge in [0.1, 0.15) is 0 Å². The van der Waals surface area contributed by atoms with Crippen LogP contribution in [0.3, 0.4) is 0 Å². The molecular weight excluding hydrogens is 148 g/mol. The Balaban J connectivity index is 2.29. The number of hydrogen-bond donors (Lipinski definition) is 1. The van der Waals surface area contributed by atoms with Gasteiger partial charge in [0.25, 0.3) is 0 Å². The minimum absolute atomic E-state index is 1.11. The molecule has 0 amide bonds. The van der Waals surface area contributed by atoms with E-state index in [4.69, 9.17) is 0 Å². The molecule has 0 unspecified atom stereocenters. The van der Waals surface area contributed by atoms with Crippen LogP contribution >= 0.6 is 0 Å². The summed E-state index contributed by atoms with van der Waals surface area (Å²) in [7, 11) is 0. The zero-order valence-electron chi connectivity index (χ0n) is 8.01. The third-order valence-electron chi connectivity index (χ3n) is 1.88. The molecule has 1 saturated heterocycles. The molecular formula is C10H18N2. The van der Waals surface area contributed by atoms with Crippen LogP contribution in [-0.2, 0) is 0 Å². The van der Waals surface area contributed by atoms with Crippen molar-refractivity contribution in [3.05, 3.63) is 23.9 Å². The van der Waals surface area contributed by atoms with Gasteiger partial charge in [0.15, 0.2) is 0 Å². The molecule has 0 aliphatic carbocycles. The lowest BCUT2D eigenvalue weighted by Gasteiger charge is -2.25. The van der Waals surface area contributed by atoms with Crippen LogP contribution in [0.15, 0.2) is 23.9 Å². The topological polar surface area (TPSA) is 15.3 Å². The molecule has 1 N–H and O–H groups in total. The first-order valence-corrected chi connectivity index (χ1v) is 4.55. The standard InChI is InChI=1S/C10H18N2/c1-10(2)4-3-7-12-8-5-11-6-9-12/h3-4,7,11H,5-6,8-9H2,1-2H3/b7-3+. The van der Waals surface area contributed by atoms with Gasteiger partial charge in [0.05, 0.1) is 0 Å². The maximum atomic E-state index is 3.32. The summed E-state index contributed by atoms with van der Waals surface area (Å²) in [6.45, 7) is 8.71. The second-order valence-corrected chi connectivity index (χ2v) is 3.37. The number of allylic oxidation sites excluding steroid dienone is 3. The quantitative estimate of drug-likeness (QED) is 0.623. The second kappa shape index (κ2) is 4.99. The highest BCUT2D eigenvalue weighted by Crippen LogP contribution is 1.95. The molecule has 68 valence electrons. The van der Waals surface area contributed by atoms with Gasteiger partial charge in [-0.1, -0.05) is 11.6 Å². The molecule has 1 heterocycles. The first-order valence-electron chi connectivity index (χ1n) is 4.55. The van der Waals surface area contributed by atoms with Crippen molar-refractivity contribution < 1.29 is 0 Å². The summed E-state index contributed by atoms with van der Waals surface area (Å²) >= 11 is 0. The predicted octanol–water partition coefficient (Wildman–Crippen LogP) is 1.37. The monoisotopic (exact) mass is 166 g/mol. The number of piperazine rings is 1. The average molecular weight is 166 g/mol.